The van der Waals surface area contributed by atoms with E-state index in [9.17, 15) is 4.79 Å². The van der Waals surface area contributed by atoms with Gasteiger partial charge in [0.25, 0.3) is 5.91 Å². The third-order valence-electron chi connectivity index (χ3n) is 4.24. The standard InChI is InChI=1S/C18H17N3O2/c22-18(14-6-7-15-16(10-14)20-12-19-15)21-8-9-23-11-17(21)13-4-2-1-3-5-13/h1-7,10,12,17H,8-9,11H2,(H,19,20). The fourth-order valence-electron chi connectivity index (χ4n) is 3.03. The van der Waals surface area contributed by atoms with E-state index in [4.69, 9.17) is 4.74 Å². The number of ether oxygens (including phenoxy) is 1. The normalized spacial score (nSPS) is 18.3. The highest BCUT2D eigenvalue weighted by Crippen LogP contribution is 2.26. The van der Waals surface area contributed by atoms with Gasteiger partial charge in [0.15, 0.2) is 0 Å². The van der Waals surface area contributed by atoms with Crippen molar-refractivity contribution in [2.75, 3.05) is 19.8 Å². The number of amides is 1. The zero-order chi connectivity index (χ0) is 15.6. The third kappa shape index (κ3) is 2.59. The second-order valence-corrected chi connectivity index (χ2v) is 5.63. The molecular formula is C18H17N3O2. The lowest BCUT2D eigenvalue weighted by Gasteiger charge is -2.36. The number of nitrogens with one attached hydrogen (secondary N) is 1. The van der Waals surface area contributed by atoms with E-state index in [0.717, 1.165) is 16.6 Å². The van der Waals surface area contributed by atoms with Crippen molar-refractivity contribution in [1.82, 2.24) is 14.9 Å². The number of aromatic amines is 1. The molecular weight excluding hydrogens is 290 g/mol. The second kappa shape index (κ2) is 5.85. The number of aromatic nitrogens is 2. The van der Waals surface area contributed by atoms with Gasteiger partial charge in [-0.25, -0.2) is 4.98 Å². The highest BCUT2D eigenvalue weighted by molar-refractivity contribution is 5.97. The van der Waals surface area contributed by atoms with Crippen molar-refractivity contribution in [3.8, 4) is 0 Å². The Kier molecular flexibility index (Phi) is 3.55. The van der Waals surface area contributed by atoms with Crippen LogP contribution in [-0.4, -0.2) is 40.5 Å². The number of rotatable bonds is 2. The van der Waals surface area contributed by atoms with Crippen LogP contribution >= 0.6 is 0 Å². The van der Waals surface area contributed by atoms with Gasteiger partial charge in [0.05, 0.1) is 36.6 Å². The van der Waals surface area contributed by atoms with Gasteiger partial charge in [-0.2, -0.15) is 0 Å². The molecule has 1 aliphatic heterocycles. The van der Waals surface area contributed by atoms with Crippen LogP contribution in [0.1, 0.15) is 22.0 Å². The number of fused-ring (bicyclic) bond motifs is 1. The lowest BCUT2D eigenvalue weighted by atomic mass is 10.0. The lowest BCUT2D eigenvalue weighted by Crippen LogP contribution is -2.43. The van der Waals surface area contributed by atoms with Crippen LogP contribution in [0.2, 0.25) is 0 Å². The van der Waals surface area contributed by atoms with Crippen LogP contribution in [-0.2, 0) is 4.74 Å². The number of hydrogen-bond donors (Lipinski definition) is 1. The average Bonchev–Trinajstić information content (AvgIpc) is 3.09. The minimum Gasteiger partial charge on any atom is -0.377 e. The van der Waals surface area contributed by atoms with E-state index in [0.29, 0.717) is 25.3 Å². The van der Waals surface area contributed by atoms with Gasteiger partial charge < -0.3 is 14.6 Å². The molecule has 0 aliphatic carbocycles. The number of morpholine rings is 1. The number of benzene rings is 2. The topological polar surface area (TPSA) is 58.2 Å². The van der Waals surface area contributed by atoms with Crippen molar-refractivity contribution in [1.29, 1.82) is 0 Å². The summed E-state index contributed by atoms with van der Waals surface area (Å²) in [4.78, 5) is 22.1. The summed E-state index contributed by atoms with van der Waals surface area (Å²) in [5.74, 6) is 0.0265. The quantitative estimate of drug-likeness (QED) is 0.792. The second-order valence-electron chi connectivity index (χ2n) is 5.63. The Morgan fingerprint density at radius 3 is 2.96 bits per heavy atom. The van der Waals surface area contributed by atoms with E-state index in [1.807, 2.05) is 53.4 Å². The molecule has 0 spiro atoms. The minimum atomic E-state index is -0.0464. The summed E-state index contributed by atoms with van der Waals surface area (Å²) in [7, 11) is 0. The zero-order valence-electron chi connectivity index (χ0n) is 12.6. The smallest absolute Gasteiger partial charge is 0.254 e. The molecule has 1 fully saturated rings. The van der Waals surface area contributed by atoms with Crippen molar-refractivity contribution >= 4 is 16.9 Å². The van der Waals surface area contributed by atoms with Crippen LogP contribution in [0, 0.1) is 0 Å². The number of imidazole rings is 1. The Bertz CT molecular complexity index is 828. The van der Waals surface area contributed by atoms with E-state index >= 15 is 0 Å². The first-order chi connectivity index (χ1) is 11.3. The molecule has 116 valence electrons. The first-order valence-corrected chi connectivity index (χ1v) is 7.70. The molecule has 1 unspecified atom stereocenters. The number of carbonyl (C=O) groups excluding carboxylic acids is 1. The first-order valence-electron chi connectivity index (χ1n) is 7.70. The molecule has 5 heteroatoms. The molecule has 1 N–H and O–H groups in total. The Balaban J connectivity index is 1.67. The molecule has 0 saturated carbocycles. The van der Waals surface area contributed by atoms with E-state index in [2.05, 4.69) is 9.97 Å². The van der Waals surface area contributed by atoms with Gasteiger partial charge in [-0.15, -0.1) is 0 Å². The van der Waals surface area contributed by atoms with E-state index in [-0.39, 0.29) is 11.9 Å². The zero-order valence-corrected chi connectivity index (χ0v) is 12.6. The summed E-state index contributed by atoms with van der Waals surface area (Å²) >= 11 is 0. The van der Waals surface area contributed by atoms with Gasteiger partial charge in [0.1, 0.15) is 0 Å². The van der Waals surface area contributed by atoms with Crippen molar-refractivity contribution in [3.63, 3.8) is 0 Å². The summed E-state index contributed by atoms with van der Waals surface area (Å²) in [5.41, 5.74) is 3.51. The van der Waals surface area contributed by atoms with Gasteiger partial charge >= 0.3 is 0 Å². The van der Waals surface area contributed by atoms with Gasteiger partial charge in [-0.3, -0.25) is 4.79 Å². The summed E-state index contributed by atoms with van der Waals surface area (Å²) in [6.45, 7) is 1.70. The summed E-state index contributed by atoms with van der Waals surface area (Å²) in [5, 5.41) is 0. The summed E-state index contributed by atoms with van der Waals surface area (Å²) in [6, 6.07) is 15.6. The average molecular weight is 307 g/mol. The first kappa shape index (κ1) is 14.0. The van der Waals surface area contributed by atoms with Gasteiger partial charge in [0, 0.05) is 12.1 Å². The Morgan fingerprint density at radius 2 is 2.09 bits per heavy atom. The molecule has 23 heavy (non-hydrogen) atoms. The lowest BCUT2D eigenvalue weighted by molar-refractivity contribution is -0.00268. The molecule has 0 radical (unpaired) electrons. The molecule has 1 saturated heterocycles. The summed E-state index contributed by atoms with van der Waals surface area (Å²) < 4.78 is 5.60. The molecule has 4 rings (SSSR count). The maximum absolute atomic E-state index is 13.0. The molecule has 0 bridgehead atoms. The molecule has 2 heterocycles. The minimum absolute atomic E-state index is 0.0265. The largest absolute Gasteiger partial charge is 0.377 e. The van der Waals surface area contributed by atoms with Crippen LogP contribution in [0.3, 0.4) is 0 Å². The molecule has 1 atom stereocenters. The predicted molar refractivity (Wildman–Crippen MR) is 87.1 cm³/mol. The van der Waals surface area contributed by atoms with Crippen LogP contribution in [0.25, 0.3) is 11.0 Å². The number of H-pyrrole nitrogens is 1. The number of carbonyl (C=O) groups is 1. The molecule has 1 aliphatic rings. The van der Waals surface area contributed by atoms with Gasteiger partial charge in [-0.05, 0) is 23.8 Å². The van der Waals surface area contributed by atoms with Gasteiger partial charge in [-0.1, -0.05) is 30.3 Å². The van der Waals surface area contributed by atoms with Crippen LogP contribution in [0.5, 0.6) is 0 Å². The molecule has 1 aromatic heterocycles. The molecule has 2 aromatic carbocycles. The van der Waals surface area contributed by atoms with Crippen LogP contribution < -0.4 is 0 Å². The van der Waals surface area contributed by atoms with Crippen LogP contribution in [0.15, 0.2) is 54.9 Å². The predicted octanol–water partition coefficient (Wildman–Crippen LogP) is 2.78. The van der Waals surface area contributed by atoms with Crippen LogP contribution in [0.4, 0.5) is 0 Å². The van der Waals surface area contributed by atoms with Crippen molar-refractivity contribution in [2.24, 2.45) is 0 Å². The summed E-state index contributed by atoms with van der Waals surface area (Å²) in [6.07, 6.45) is 1.64. The van der Waals surface area contributed by atoms with E-state index < -0.39 is 0 Å². The van der Waals surface area contributed by atoms with Crippen molar-refractivity contribution in [2.45, 2.75) is 6.04 Å². The van der Waals surface area contributed by atoms with E-state index in [1.165, 1.54) is 0 Å². The molecule has 1 amide bonds. The fraction of sp³-hybridized carbons (Fsp3) is 0.222. The SMILES string of the molecule is O=C(c1ccc2nc[nH]c2c1)N1CCOCC1c1ccccc1. The Morgan fingerprint density at radius 1 is 1.22 bits per heavy atom. The number of nitrogens with zero attached hydrogens (tertiary/aromatic N) is 2. The Hall–Kier alpha value is -2.66. The highest BCUT2D eigenvalue weighted by atomic mass is 16.5. The highest BCUT2D eigenvalue weighted by Gasteiger charge is 2.29. The third-order valence-corrected chi connectivity index (χ3v) is 4.24. The maximum Gasteiger partial charge on any atom is 0.254 e. The van der Waals surface area contributed by atoms with Crippen molar-refractivity contribution < 1.29 is 9.53 Å². The van der Waals surface area contributed by atoms with E-state index in [1.54, 1.807) is 6.33 Å². The maximum atomic E-state index is 13.0. The van der Waals surface area contributed by atoms with Gasteiger partial charge in [0.2, 0.25) is 0 Å². The molecule has 3 aromatic rings. The molecule has 5 nitrogen and oxygen atoms in total. The number of hydrogen-bond acceptors (Lipinski definition) is 3. The monoisotopic (exact) mass is 307 g/mol. The Labute approximate surface area is 133 Å². The fourth-order valence-corrected chi connectivity index (χ4v) is 3.03. The van der Waals surface area contributed by atoms with Crippen molar-refractivity contribution in [3.05, 3.63) is 66.0 Å².